The van der Waals surface area contributed by atoms with Gasteiger partial charge in [-0.3, -0.25) is 4.90 Å². The first-order valence-electron chi connectivity index (χ1n) is 9.85. The SMILES string of the molecule is CCNC(=NCc1cc2c(cc1OC(F)F)OCO2)NCCCN1CCOCC1. The normalized spacial score (nSPS) is 16.9. The average Bonchev–Trinajstić information content (AvgIpc) is 3.16. The molecule has 8 nitrogen and oxygen atoms in total. The van der Waals surface area contributed by atoms with Crippen LogP contribution >= 0.6 is 0 Å². The third-order valence-corrected chi connectivity index (χ3v) is 4.57. The fourth-order valence-electron chi connectivity index (χ4n) is 3.13. The maximum atomic E-state index is 12.8. The van der Waals surface area contributed by atoms with E-state index in [1.165, 1.54) is 6.07 Å². The van der Waals surface area contributed by atoms with Crippen LogP contribution in [0.25, 0.3) is 0 Å². The number of hydrogen-bond acceptors (Lipinski definition) is 6. The molecule has 2 heterocycles. The van der Waals surface area contributed by atoms with Gasteiger partial charge in [0.2, 0.25) is 6.79 Å². The Kier molecular flexibility index (Phi) is 8.12. The molecule has 0 saturated carbocycles. The Morgan fingerprint density at radius 1 is 1.21 bits per heavy atom. The Morgan fingerprint density at radius 2 is 1.97 bits per heavy atom. The Labute approximate surface area is 169 Å². The van der Waals surface area contributed by atoms with Gasteiger partial charge in [0.15, 0.2) is 17.5 Å². The van der Waals surface area contributed by atoms with Crippen molar-refractivity contribution in [2.24, 2.45) is 4.99 Å². The molecule has 0 bridgehead atoms. The predicted octanol–water partition coefficient (Wildman–Crippen LogP) is 1.79. The minimum Gasteiger partial charge on any atom is -0.454 e. The topological polar surface area (TPSA) is 76.6 Å². The van der Waals surface area contributed by atoms with Crippen LogP contribution in [0, 0.1) is 0 Å². The predicted molar refractivity (Wildman–Crippen MR) is 104 cm³/mol. The average molecular weight is 414 g/mol. The number of rotatable bonds is 9. The van der Waals surface area contributed by atoms with Gasteiger partial charge in [0.25, 0.3) is 0 Å². The van der Waals surface area contributed by atoms with Crippen molar-refractivity contribution in [3.8, 4) is 17.2 Å². The quantitative estimate of drug-likeness (QED) is 0.363. The standard InChI is InChI=1S/C19H28F2N4O4/c1-2-22-19(23-4-3-5-25-6-8-26-9-7-25)24-12-14-10-16-17(28-13-27-16)11-15(14)29-18(20)21/h10-11,18H,2-9,12-13H2,1H3,(H2,22,23,24). The molecule has 29 heavy (non-hydrogen) atoms. The molecule has 1 saturated heterocycles. The first kappa shape index (κ1) is 21.4. The minimum absolute atomic E-state index is 0.0381. The summed E-state index contributed by atoms with van der Waals surface area (Å²) < 4.78 is 46.1. The summed E-state index contributed by atoms with van der Waals surface area (Å²) in [5.74, 6) is 1.55. The lowest BCUT2D eigenvalue weighted by Gasteiger charge is -2.26. The van der Waals surface area contributed by atoms with Gasteiger partial charge < -0.3 is 29.6 Å². The van der Waals surface area contributed by atoms with Crippen molar-refractivity contribution >= 4 is 5.96 Å². The van der Waals surface area contributed by atoms with E-state index in [9.17, 15) is 8.78 Å². The van der Waals surface area contributed by atoms with E-state index >= 15 is 0 Å². The zero-order valence-corrected chi connectivity index (χ0v) is 16.6. The summed E-state index contributed by atoms with van der Waals surface area (Å²) in [5, 5.41) is 6.44. The summed E-state index contributed by atoms with van der Waals surface area (Å²) in [6.07, 6.45) is 0.966. The molecule has 0 spiro atoms. The van der Waals surface area contributed by atoms with Crippen molar-refractivity contribution in [3.05, 3.63) is 17.7 Å². The molecule has 2 N–H and O–H groups in total. The molecule has 0 aliphatic carbocycles. The molecule has 0 aromatic heterocycles. The highest BCUT2D eigenvalue weighted by atomic mass is 19.3. The van der Waals surface area contributed by atoms with Crippen molar-refractivity contribution < 1.29 is 27.7 Å². The van der Waals surface area contributed by atoms with Crippen molar-refractivity contribution in [1.82, 2.24) is 15.5 Å². The smallest absolute Gasteiger partial charge is 0.387 e. The van der Waals surface area contributed by atoms with Crippen LogP contribution in [0.4, 0.5) is 8.78 Å². The van der Waals surface area contributed by atoms with E-state index in [0.29, 0.717) is 29.6 Å². The Bertz CT molecular complexity index is 684. The maximum absolute atomic E-state index is 12.8. The number of guanidine groups is 1. The third-order valence-electron chi connectivity index (χ3n) is 4.57. The molecular formula is C19H28F2N4O4. The highest BCUT2D eigenvalue weighted by Gasteiger charge is 2.20. The molecule has 3 rings (SSSR count). The number of nitrogens with one attached hydrogen (secondary N) is 2. The van der Waals surface area contributed by atoms with E-state index in [-0.39, 0.29) is 19.1 Å². The van der Waals surface area contributed by atoms with E-state index in [1.807, 2.05) is 6.92 Å². The Hall–Kier alpha value is -2.33. The van der Waals surface area contributed by atoms with Crippen LogP contribution < -0.4 is 24.8 Å². The van der Waals surface area contributed by atoms with Crippen LogP contribution in [-0.4, -0.2) is 70.2 Å². The van der Waals surface area contributed by atoms with Crippen LogP contribution in [0.2, 0.25) is 0 Å². The number of alkyl halides is 2. The van der Waals surface area contributed by atoms with E-state index in [4.69, 9.17) is 14.2 Å². The number of hydrogen-bond donors (Lipinski definition) is 2. The van der Waals surface area contributed by atoms with Gasteiger partial charge in [-0.15, -0.1) is 0 Å². The molecular weight excluding hydrogens is 386 g/mol. The van der Waals surface area contributed by atoms with E-state index in [2.05, 4.69) is 25.3 Å². The maximum Gasteiger partial charge on any atom is 0.387 e. The van der Waals surface area contributed by atoms with Crippen LogP contribution in [0.3, 0.4) is 0 Å². The summed E-state index contributed by atoms with van der Waals surface area (Å²) in [6, 6.07) is 3.05. The third kappa shape index (κ3) is 6.60. The Morgan fingerprint density at radius 3 is 2.69 bits per heavy atom. The molecule has 10 heteroatoms. The summed E-state index contributed by atoms with van der Waals surface area (Å²) in [7, 11) is 0. The first-order chi connectivity index (χ1) is 14.2. The lowest BCUT2D eigenvalue weighted by atomic mass is 10.1. The van der Waals surface area contributed by atoms with Crippen molar-refractivity contribution in [1.29, 1.82) is 0 Å². The van der Waals surface area contributed by atoms with E-state index in [1.54, 1.807) is 6.07 Å². The summed E-state index contributed by atoms with van der Waals surface area (Å²) in [5.41, 5.74) is 0.500. The summed E-state index contributed by atoms with van der Waals surface area (Å²) >= 11 is 0. The van der Waals surface area contributed by atoms with Gasteiger partial charge in [-0.2, -0.15) is 8.78 Å². The minimum atomic E-state index is -2.93. The number of aliphatic imine (C=N–C) groups is 1. The second-order valence-corrected chi connectivity index (χ2v) is 6.62. The lowest BCUT2D eigenvalue weighted by molar-refractivity contribution is -0.0505. The number of benzene rings is 1. The first-order valence-corrected chi connectivity index (χ1v) is 9.85. The molecule has 2 aliphatic heterocycles. The molecule has 162 valence electrons. The highest BCUT2D eigenvalue weighted by molar-refractivity contribution is 5.79. The summed E-state index contributed by atoms with van der Waals surface area (Å²) in [4.78, 5) is 6.87. The van der Waals surface area contributed by atoms with E-state index in [0.717, 1.165) is 45.8 Å². The number of halogens is 2. The monoisotopic (exact) mass is 414 g/mol. The van der Waals surface area contributed by atoms with Crippen LogP contribution in [0.15, 0.2) is 17.1 Å². The fourth-order valence-corrected chi connectivity index (χ4v) is 3.13. The molecule has 1 aromatic carbocycles. The molecule has 1 fully saturated rings. The Balaban J connectivity index is 1.57. The molecule has 0 atom stereocenters. The van der Waals surface area contributed by atoms with Gasteiger partial charge in [0.1, 0.15) is 5.75 Å². The summed E-state index contributed by atoms with van der Waals surface area (Å²) in [6.45, 7) is 5.20. The van der Waals surface area contributed by atoms with Gasteiger partial charge in [-0.25, -0.2) is 4.99 Å². The second kappa shape index (κ2) is 11.0. The van der Waals surface area contributed by atoms with Crippen molar-refractivity contribution in [2.45, 2.75) is 26.5 Å². The van der Waals surface area contributed by atoms with Gasteiger partial charge in [-0.05, 0) is 26.0 Å². The van der Waals surface area contributed by atoms with Gasteiger partial charge in [-0.1, -0.05) is 0 Å². The zero-order chi connectivity index (χ0) is 20.5. The van der Waals surface area contributed by atoms with Crippen molar-refractivity contribution in [2.75, 3.05) is 52.7 Å². The van der Waals surface area contributed by atoms with Crippen molar-refractivity contribution in [3.63, 3.8) is 0 Å². The molecule has 0 amide bonds. The van der Waals surface area contributed by atoms with Crippen LogP contribution in [0.1, 0.15) is 18.9 Å². The highest BCUT2D eigenvalue weighted by Crippen LogP contribution is 2.39. The molecule has 1 aromatic rings. The number of fused-ring (bicyclic) bond motifs is 1. The lowest BCUT2D eigenvalue weighted by Crippen LogP contribution is -2.40. The van der Waals surface area contributed by atoms with Gasteiger partial charge in [0.05, 0.1) is 19.8 Å². The van der Waals surface area contributed by atoms with Gasteiger partial charge >= 0.3 is 6.61 Å². The number of ether oxygens (including phenoxy) is 4. The molecule has 2 aliphatic rings. The zero-order valence-electron chi connectivity index (χ0n) is 16.6. The number of morpholine rings is 1. The van der Waals surface area contributed by atoms with E-state index < -0.39 is 6.61 Å². The largest absolute Gasteiger partial charge is 0.454 e. The molecule has 0 unspecified atom stereocenters. The number of nitrogens with zero attached hydrogens (tertiary/aromatic N) is 2. The van der Waals surface area contributed by atoms with Crippen LogP contribution in [-0.2, 0) is 11.3 Å². The fraction of sp³-hybridized carbons (Fsp3) is 0.632. The molecule has 0 radical (unpaired) electrons. The van der Waals surface area contributed by atoms with Crippen LogP contribution in [0.5, 0.6) is 17.2 Å². The van der Waals surface area contributed by atoms with Gasteiger partial charge in [0, 0.05) is 37.8 Å². The second-order valence-electron chi connectivity index (χ2n) is 6.62.